The summed E-state index contributed by atoms with van der Waals surface area (Å²) in [6.45, 7) is 3.81. The molecule has 0 bridgehead atoms. The molecule has 6 nitrogen and oxygen atoms in total. The zero-order valence-corrected chi connectivity index (χ0v) is 10.4. The summed E-state index contributed by atoms with van der Waals surface area (Å²) in [5.41, 5.74) is 6.84. The first-order chi connectivity index (χ1) is 8.60. The number of H-pyrrole nitrogens is 1. The van der Waals surface area contributed by atoms with Gasteiger partial charge < -0.3 is 15.2 Å². The normalized spacial score (nSPS) is 12.6. The lowest BCUT2D eigenvalue weighted by atomic mass is 10.1. The highest BCUT2D eigenvalue weighted by atomic mass is 16.5. The summed E-state index contributed by atoms with van der Waals surface area (Å²) in [5, 5.41) is 3.83. The molecule has 0 spiro atoms. The summed E-state index contributed by atoms with van der Waals surface area (Å²) in [6, 6.07) is 1.50. The highest BCUT2D eigenvalue weighted by Gasteiger charge is 2.13. The molecule has 0 radical (unpaired) electrons. The van der Waals surface area contributed by atoms with Crippen LogP contribution in [-0.4, -0.2) is 21.2 Å². The van der Waals surface area contributed by atoms with E-state index in [1.807, 2.05) is 13.8 Å². The Morgan fingerprint density at radius 3 is 3.00 bits per heavy atom. The lowest BCUT2D eigenvalue weighted by Crippen LogP contribution is -2.22. The maximum Gasteiger partial charge on any atom is 0.263 e. The largest absolute Gasteiger partial charge is 0.364 e. The van der Waals surface area contributed by atoms with Crippen LogP contribution in [0.5, 0.6) is 0 Å². The molecule has 0 aliphatic rings. The maximum absolute atomic E-state index is 11.8. The first kappa shape index (κ1) is 12.5. The molecule has 6 heteroatoms. The van der Waals surface area contributed by atoms with E-state index >= 15 is 0 Å². The molecule has 2 aromatic heterocycles. The van der Waals surface area contributed by atoms with Crippen LogP contribution < -0.4 is 11.2 Å². The van der Waals surface area contributed by atoms with Crippen molar-refractivity contribution < 1.29 is 4.52 Å². The van der Waals surface area contributed by atoms with E-state index in [4.69, 9.17) is 10.3 Å². The smallest absolute Gasteiger partial charge is 0.263 e. The van der Waals surface area contributed by atoms with Gasteiger partial charge in [-0.05, 0) is 13.3 Å². The second kappa shape index (κ2) is 5.14. The average Bonchev–Trinajstić information content (AvgIpc) is 2.77. The molecule has 96 valence electrons. The molecule has 0 fully saturated rings. The number of nitrogens with one attached hydrogen (secondary N) is 1. The Bertz CT molecular complexity index is 588. The van der Waals surface area contributed by atoms with Gasteiger partial charge in [-0.15, -0.1) is 0 Å². The van der Waals surface area contributed by atoms with Crippen LogP contribution in [0.1, 0.15) is 24.9 Å². The van der Waals surface area contributed by atoms with Gasteiger partial charge in [0.05, 0.1) is 0 Å². The zero-order valence-electron chi connectivity index (χ0n) is 10.4. The van der Waals surface area contributed by atoms with Gasteiger partial charge in [0.2, 0.25) is 0 Å². The molecule has 2 rings (SSSR count). The van der Waals surface area contributed by atoms with E-state index in [0.717, 1.165) is 12.1 Å². The first-order valence-corrected chi connectivity index (χ1v) is 5.88. The number of hydrogen-bond acceptors (Lipinski definition) is 5. The molecule has 3 N–H and O–H groups in total. The number of hydrogen-bond donors (Lipinski definition) is 2. The van der Waals surface area contributed by atoms with Gasteiger partial charge >= 0.3 is 0 Å². The van der Waals surface area contributed by atoms with Crippen molar-refractivity contribution in [3.63, 3.8) is 0 Å². The van der Waals surface area contributed by atoms with Crippen LogP contribution in [0.2, 0.25) is 0 Å². The number of nitrogens with two attached hydrogens (primary N) is 1. The van der Waals surface area contributed by atoms with Gasteiger partial charge in [-0.3, -0.25) is 4.79 Å². The Morgan fingerprint density at radius 1 is 1.56 bits per heavy atom. The van der Waals surface area contributed by atoms with E-state index < -0.39 is 0 Å². The minimum absolute atomic E-state index is 0.00625. The van der Waals surface area contributed by atoms with Gasteiger partial charge in [0.25, 0.3) is 5.89 Å². The van der Waals surface area contributed by atoms with E-state index in [1.54, 1.807) is 6.20 Å². The van der Waals surface area contributed by atoms with Crippen LogP contribution in [0.3, 0.4) is 0 Å². The molecule has 0 saturated heterocycles. The highest BCUT2D eigenvalue weighted by molar-refractivity contribution is 5.50. The fraction of sp³-hybridized carbons (Fsp3) is 0.417. The summed E-state index contributed by atoms with van der Waals surface area (Å²) >= 11 is 0. The number of nitrogens with zero attached hydrogens (tertiary/aromatic N) is 2. The van der Waals surface area contributed by atoms with Crippen LogP contribution in [0.4, 0.5) is 0 Å². The van der Waals surface area contributed by atoms with Gasteiger partial charge in [0.15, 0.2) is 11.3 Å². The topological polar surface area (TPSA) is 97.8 Å². The maximum atomic E-state index is 11.8. The van der Waals surface area contributed by atoms with E-state index in [1.165, 1.54) is 6.07 Å². The van der Waals surface area contributed by atoms with Crippen LogP contribution in [-0.2, 0) is 6.42 Å². The van der Waals surface area contributed by atoms with Crippen molar-refractivity contribution in [2.24, 2.45) is 5.73 Å². The van der Waals surface area contributed by atoms with E-state index in [9.17, 15) is 4.79 Å². The lowest BCUT2D eigenvalue weighted by Gasteiger charge is -2.02. The molecular formula is C12H16N4O2. The van der Waals surface area contributed by atoms with Crippen molar-refractivity contribution in [2.45, 2.75) is 32.7 Å². The van der Waals surface area contributed by atoms with Crippen LogP contribution in [0.15, 0.2) is 21.6 Å². The van der Waals surface area contributed by atoms with Gasteiger partial charge in [0.1, 0.15) is 5.56 Å². The summed E-state index contributed by atoms with van der Waals surface area (Å²) in [5.74, 6) is 0.758. The number of aromatic nitrogens is 3. The van der Waals surface area contributed by atoms with Crippen molar-refractivity contribution in [3.8, 4) is 11.5 Å². The van der Waals surface area contributed by atoms with E-state index in [0.29, 0.717) is 17.8 Å². The summed E-state index contributed by atoms with van der Waals surface area (Å²) in [6.07, 6.45) is 2.97. The monoisotopic (exact) mass is 248 g/mol. The second-order valence-corrected chi connectivity index (χ2v) is 4.28. The highest BCUT2D eigenvalue weighted by Crippen LogP contribution is 2.12. The van der Waals surface area contributed by atoms with Crippen LogP contribution in [0, 0.1) is 6.92 Å². The molecule has 0 aliphatic carbocycles. The third-order valence-electron chi connectivity index (χ3n) is 2.72. The fourth-order valence-electron chi connectivity index (χ4n) is 1.57. The van der Waals surface area contributed by atoms with Crippen molar-refractivity contribution >= 4 is 0 Å². The minimum atomic E-state index is -0.138. The number of aryl methyl sites for hydroxylation is 1. The predicted octanol–water partition coefficient (Wildman–Crippen LogP) is 1.01. The SMILES string of the molecule is CCC(N)Cc1noc(-c2c[nH]c(C)cc2=O)n1. The molecule has 2 heterocycles. The minimum Gasteiger partial charge on any atom is -0.364 e. The molecule has 1 atom stereocenters. The second-order valence-electron chi connectivity index (χ2n) is 4.28. The molecular weight excluding hydrogens is 232 g/mol. The van der Waals surface area contributed by atoms with Gasteiger partial charge in [0, 0.05) is 30.4 Å². The Kier molecular flexibility index (Phi) is 3.57. The Hall–Kier alpha value is -1.95. The fourth-order valence-corrected chi connectivity index (χ4v) is 1.57. The van der Waals surface area contributed by atoms with E-state index in [-0.39, 0.29) is 17.4 Å². The number of aromatic amines is 1. The van der Waals surface area contributed by atoms with E-state index in [2.05, 4.69) is 15.1 Å². The zero-order chi connectivity index (χ0) is 13.1. The van der Waals surface area contributed by atoms with Crippen molar-refractivity contribution in [1.29, 1.82) is 0 Å². The van der Waals surface area contributed by atoms with Gasteiger partial charge in [-0.2, -0.15) is 4.98 Å². The Labute approximate surface area is 104 Å². The Morgan fingerprint density at radius 2 is 2.33 bits per heavy atom. The molecule has 0 amide bonds. The summed E-state index contributed by atoms with van der Waals surface area (Å²) < 4.78 is 5.08. The van der Waals surface area contributed by atoms with Gasteiger partial charge in [-0.25, -0.2) is 0 Å². The standard InChI is InChI=1S/C12H16N4O2/c1-3-8(13)5-11-15-12(18-16-11)9-6-14-7(2)4-10(9)17/h4,6,8H,3,5,13H2,1-2H3,(H,14,17). The molecule has 0 aromatic carbocycles. The third kappa shape index (κ3) is 2.65. The van der Waals surface area contributed by atoms with Crippen LogP contribution in [0.25, 0.3) is 11.5 Å². The Balaban J connectivity index is 2.27. The van der Waals surface area contributed by atoms with Gasteiger partial charge in [-0.1, -0.05) is 12.1 Å². The molecule has 0 aliphatic heterocycles. The third-order valence-corrected chi connectivity index (χ3v) is 2.72. The first-order valence-electron chi connectivity index (χ1n) is 5.88. The lowest BCUT2D eigenvalue weighted by molar-refractivity contribution is 0.418. The van der Waals surface area contributed by atoms with Crippen LogP contribution >= 0.6 is 0 Å². The van der Waals surface area contributed by atoms with Crippen molar-refractivity contribution in [3.05, 3.63) is 34.0 Å². The molecule has 1 unspecified atom stereocenters. The molecule has 18 heavy (non-hydrogen) atoms. The number of rotatable bonds is 4. The molecule has 0 saturated carbocycles. The van der Waals surface area contributed by atoms with Crippen molar-refractivity contribution in [1.82, 2.24) is 15.1 Å². The van der Waals surface area contributed by atoms with Crippen molar-refractivity contribution in [2.75, 3.05) is 0 Å². The average molecular weight is 248 g/mol. The summed E-state index contributed by atoms with van der Waals surface area (Å²) in [4.78, 5) is 18.9. The number of pyridine rings is 1. The quantitative estimate of drug-likeness (QED) is 0.841. The summed E-state index contributed by atoms with van der Waals surface area (Å²) in [7, 11) is 0. The molecule has 2 aromatic rings. The predicted molar refractivity (Wildman–Crippen MR) is 67.1 cm³/mol.